The highest BCUT2D eigenvalue weighted by Gasteiger charge is 2.33. The second kappa shape index (κ2) is 7.16. The van der Waals surface area contributed by atoms with Gasteiger partial charge in [0.2, 0.25) is 0 Å². The molecular weight excluding hydrogens is 337 g/mol. The molecule has 25 heavy (non-hydrogen) atoms. The summed E-state index contributed by atoms with van der Waals surface area (Å²) in [5.74, 6) is -0.328. The lowest BCUT2D eigenvalue weighted by molar-refractivity contribution is 0.560. The number of sulfonamides is 1. The third-order valence-corrected chi connectivity index (χ3v) is 6.75. The lowest BCUT2D eigenvalue weighted by atomic mass is 9.99. The normalized spacial score (nSPS) is 17.4. The minimum absolute atomic E-state index is 0.150. The lowest BCUT2D eigenvalue weighted by Gasteiger charge is -2.36. The molecule has 3 rings (SSSR count). The number of hydrogen-bond donors (Lipinski definition) is 0. The van der Waals surface area contributed by atoms with E-state index in [0.717, 1.165) is 30.4 Å². The van der Waals surface area contributed by atoms with Gasteiger partial charge in [0.05, 0.1) is 10.6 Å². The number of benzene rings is 2. The van der Waals surface area contributed by atoms with Crippen molar-refractivity contribution in [3.8, 4) is 0 Å². The van der Waals surface area contributed by atoms with Crippen LogP contribution in [0.4, 0.5) is 10.1 Å². The fourth-order valence-electron chi connectivity index (χ4n) is 3.38. The number of fused-ring (bicyclic) bond motifs is 1. The quantitative estimate of drug-likeness (QED) is 0.774. The van der Waals surface area contributed by atoms with Crippen molar-refractivity contribution in [3.05, 3.63) is 59.4 Å². The van der Waals surface area contributed by atoms with Crippen LogP contribution in [0.2, 0.25) is 0 Å². The van der Waals surface area contributed by atoms with Crippen LogP contribution in [0.15, 0.2) is 47.4 Å². The summed E-state index contributed by atoms with van der Waals surface area (Å²) in [6, 6.07) is 11.3. The van der Waals surface area contributed by atoms with Crippen LogP contribution in [-0.2, 0) is 22.9 Å². The number of rotatable bonds is 5. The van der Waals surface area contributed by atoms with E-state index in [4.69, 9.17) is 0 Å². The molecule has 2 aromatic rings. The molecular formula is C20H24FNO2S. The van der Waals surface area contributed by atoms with Crippen molar-refractivity contribution >= 4 is 15.7 Å². The van der Waals surface area contributed by atoms with Crippen LogP contribution in [0.25, 0.3) is 0 Å². The van der Waals surface area contributed by atoms with E-state index in [1.165, 1.54) is 16.4 Å². The summed E-state index contributed by atoms with van der Waals surface area (Å²) >= 11 is 0. The van der Waals surface area contributed by atoms with Crippen LogP contribution >= 0.6 is 0 Å². The first-order valence-corrected chi connectivity index (χ1v) is 10.3. The van der Waals surface area contributed by atoms with E-state index < -0.39 is 10.0 Å². The molecule has 1 aliphatic heterocycles. The summed E-state index contributed by atoms with van der Waals surface area (Å²) in [6.45, 7) is 4.04. The second-order valence-corrected chi connectivity index (χ2v) is 8.52. The van der Waals surface area contributed by atoms with Crippen LogP contribution < -0.4 is 4.31 Å². The highest BCUT2D eigenvalue weighted by molar-refractivity contribution is 7.92. The van der Waals surface area contributed by atoms with Crippen LogP contribution in [0.5, 0.6) is 0 Å². The second-order valence-electron chi connectivity index (χ2n) is 6.71. The Labute approximate surface area is 149 Å². The molecule has 0 saturated carbocycles. The van der Waals surface area contributed by atoms with E-state index in [0.29, 0.717) is 18.5 Å². The molecule has 0 saturated heterocycles. The molecule has 0 aliphatic carbocycles. The molecule has 3 nitrogen and oxygen atoms in total. The van der Waals surface area contributed by atoms with Gasteiger partial charge in [-0.05, 0) is 74.1 Å². The maximum atomic E-state index is 13.5. The molecule has 1 unspecified atom stereocenters. The Morgan fingerprint density at radius 1 is 1.16 bits per heavy atom. The van der Waals surface area contributed by atoms with Gasteiger partial charge in [-0.2, -0.15) is 0 Å². The first-order valence-electron chi connectivity index (χ1n) is 8.85. The maximum Gasteiger partial charge on any atom is 0.264 e. The molecule has 1 aliphatic rings. The third-order valence-electron chi connectivity index (χ3n) is 4.81. The van der Waals surface area contributed by atoms with Crippen LogP contribution in [0.3, 0.4) is 0 Å². The number of anilines is 1. The van der Waals surface area contributed by atoms with Crippen molar-refractivity contribution in [2.24, 2.45) is 0 Å². The molecule has 0 fully saturated rings. The molecule has 1 heterocycles. The molecule has 2 aromatic carbocycles. The lowest BCUT2D eigenvalue weighted by Crippen LogP contribution is -2.42. The SMILES string of the molecule is CCCCc1ccc(S(=O)(=O)N2c3ccc(F)cc3CCC2C)cc1. The van der Waals surface area contributed by atoms with Gasteiger partial charge in [-0.15, -0.1) is 0 Å². The first kappa shape index (κ1) is 17.9. The van der Waals surface area contributed by atoms with Crippen LogP contribution in [0, 0.1) is 5.82 Å². The zero-order valence-electron chi connectivity index (χ0n) is 14.7. The highest BCUT2D eigenvalue weighted by Crippen LogP contribution is 2.35. The van der Waals surface area contributed by atoms with E-state index in [2.05, 4.69) is 6.92 Å². The monoisotopic (exact) mass is 361 g/mol. The predicted octanol–water partition coefficient (Wildman–Crippen LogP) is 4.70. The topological polar surface area (TPSA) is 37.4 Å². The van der Waals surface area contributed by atoms with E-state index >= 15 is 0 Å². The summed E-state index contributed by atoms with van der Waals surface area (Å²) in [4.78, 5) is 0.289. The zero-order valence-corrected chi connectivity index (χ0v) is 15.5. The van der Waals surface area contributed by atoms with Gasteiger partial charge in [0.1, 0.15) is 5.82 Å². The number of aryl methyl sites for hydroxylation is 2. The van der Waals surface area contributed by atoms with Gasteiger partial charge in [-0.3, -0.25) is 4.31 Å². The van der Waals surface area contributed by atoms with Gasteiger partial charge in [0.15, 0.2) is 0 Å². The van der Waals surface area contributed by atoms with Crippen molar-refractivity contribution < 1.29 is 12.8 Å². The Morgan fingerprint density at radius 3 is 2.56 bits per heavy atom. The number of halogens is 1. The van der Waals surface area contributed by atoms with Gasteiger partial charge < -0.3 is 0 Å². The molecule has 134 valence electrons. The van der Waals surface area contributed by atoms with E-state index in [1.807, 2.05) is 19.1 Å². The highest BCUT2D eigenvalue weighted by atomic mass is 32.2. The molecule has 1 atom stereocenters. The molecule has 0 spiro atoms. The Morgan fingerprint density at radius 2 is 1.88 bits per heavy atom. The fraction of sp³-hybridized carbons (Fsp3) is 0.400. The Kier molecular flexibility index (Phi) is 5.13. The van der Waals surface area contributed by atoms with Crippen molar-refractivity contribution in [2.45, 2.75) is 56.9 Å². The van der Waals surface area contributed by atoms with E-state index in [1.54, 1.807) is 18.2 Å². The van der Waals surface area contributed by atoms with Crippen molar-refractivity contribution in [1.29, 1.82) is 0 Å². The van der Waals surface area contributed by atoms with E-state index in [-0.39, 0.29) is 16.8 Å². The van der Waals surface area contributed by atoms with Crippen molar-refractivity contribution in [2.75, 3.05) is 4.31 Å². The molecule has 0 amide bonds. The summed E-state index contributed by atoms with van der Waals surface area (Å²) in [5, 5.41) is 0. The van der Waals surface area contributed by atoms with Crippen molar-refractivity contribution in [1.82, 2.24) is 0 Å². The van der Waals surface area contributed by atoms with Crippen LogP contribution in [-0.4, -0.2) is 14.5 Å². The van der Waals surface area contributed by atoms with Gasteiger partial charge in [0, 0.05) is 6.04 Å². The molecule has 0 aromatic heterocycles. The summed E-state index contributed by atoms with van der Waals surface area (Å²) in [5.41, 5.74) is 2.49. The predicted molar refractivity (Wildman–Crippen MR) is 98.9 cm³/mol. The Bertz CT molecular complexity index is 846. The average Bonchev–Trinajstić information content (AvgIpc) is 2.60. The molecule has 0 bridgehead atoms. The van der Waals surface area contributed by atoms with Gasteiger partial charge in [-0.1, -0.05) is 25.5 Å². The molecule has 0 radical (unpaired) electrons. The standard InChI is InChI=1S/C20H24FNO2S/c1-3-4-5-16-7-11-19(12-8-16)25(23,24)22-15(2)6-9-17-14-18(21)10-13-20(17)22/h7-8,10-15H,3-6,9H2,1-2H3. The minimum atomic E-state index is -3.66. The van der Waals surface area contributed by atoms with Gasteiger partial charge >= 0.3 is 0 Å². The van der Waals surface area contributed by atoms with Gasteiger partial charge in [0.25, 0.3) is 10.0 Å². The fourth-order valence-corrected chi connectivity index (χ4v) is 5.10. The minimum Gasteiger partial charge on any atom is -0.263 e. The zero-order chi connectivity index (χ0) is 18.0. The Balaban J connectivity index is 1.97. The maximum absolute atomic E-state index is 13.5. The number of hydrogen-bond acceptors (Lipinski definition) is 2. The smallest absolute Gasteiger partial charge is 0.263 e. The summed E-state index contributed by atoms with van der Waals surface area (Å²) in [6.07, 6.45) is 4.53. The largest absolute Gasteiger partial charge is 0.264 e. The summed E-state index contributed by atoms with van der Waals surface area (Å²) in [7, 11) is -3.66. The van der Waals surface area contributed by atoms with Crippen LogP contribution in [0.1, 0.15) is 44.2 Å². The van der Waals surface area contributed by atoms with Crippen molar-refractivity contribution in [3.63, 3.8) is 0 Å². The number of unbranched alkanes of at least 4 members (excludes halogenated alkanes) is 1. The van der Waals surface area contributed by atoms with Gasteiger partial charge in [-0.25, -0.2) is 12.8 Å². The average molecular weight is 361 g/mol. The van der Waals surface area contributed by atoms with E-state index in [9.17, 15) is 12.8 Å². The number of nitrogens with zero attached hydrogens (tertiary/aromatic N) is 1. The Hall–Kier alpha value is -1.88. The summed E-state index contributed by atoms with van der Waals surface area (Å²) < 4.78 is 41.4. The molecule has 0 N–H and O–H groups in total. The first-order chi connectivity index (χ1) is 11.9. The molecule has 5 heteroatoms. The third kappa shape index (κ3) is 3.56.